The lowest BCUT2D eigenvalue weighted by molar-refractivity contribution is 0.154. The van der Waals surface area contributed by atoms with Crippen LogP contribution in [0.3, 0.4) is 0 Å². The summed E-state index contributed by atoms with van der Waals surface area (Å²) in [6, 6.07) is 27.5. The molecule has 2 heterocycles. The van der Waals surface area contributed by atoms with Crippen LogP contribution in [-0.4, -0.2) is 40.7 Å². The second kappa shape index (κ2) is 7.45. The molecule has 4 aromatic carbocycles. The van der Waals surface area contributed by atoms with E-state index in [0.717, 1.165) is 43.1 Å². The highest BCUT2D eigenvalue weighted by atomic mass is 16.5. The predicted octanol–water partition coefficient (Wildman–Crippen LogP) is 4.58. The topological polar surface area (TPSA) is 102 Å². The molecule has 6 aromatic rings. The molecule has 6 rings (SSSR count). The molecule has 0 aliphatic rings. The molecule has 0 radical (unpaired) electrons. The molecule has 0 amide bonds. The number of nitrogens with zero attached hydrogens (tertiary/aromatic N) is 6. The van der Waals surface area contributed by atoms with Crippen LogP contribution in [0, 0.1) is 0 Å². The first-order chi connectivity index (χ1) is 16.2. The van der Waals surface area contributed by atoms with Gasteiger partial charge in [0.05, 0.1) is 0 Å². The number of fused-ring (bicyclic) bond motifs is 2. The summed E-state index contributed by atoms with van der Waals surface area (Å²) in [5.74, 6) is 0. The number of hydrogen-bond donors (Lipinski definition) is 2. The van der Waals surface area contributed by atoms with E-state index in [9.17, 15) is 10.4 Å². The maximum Gasteiger partial charge on any atom is 0.131 e. The van der Waals surface area contributed by atoms with Gasteiger partial charge in [-0.25, -0.2) is 0 Å². The molecule has 0 saturated heterocycles. The fourth-order valence-corrected chi connectivity index (χ4v) is 4.39. The van der Waals surface area contributed by atoms with Gasteiger partial charge < -0.3 is 10.4 Å². The van der Waals surface area contributed by atoms with Crippen LogP contribution in [0.15, 0.2) is 84.9 Å². The third-order valence-corrected chi connectivity index (χ3v) is 5.88. The molecular formula is C25H18N6O2. The zero-order valence-electron chi connectivity index (χ0n) is 17.4. The number of aromatic nitrogens is 6. The summed E-state index contributed by atoms with van der Waals surface area (Å²) in [6.45, 7) is 0. The van der Waals surface area contributed by atoms with Crippen LogP contribution < -0.4 is 0 Å². The number of rotatable bonds is 4. The molecule has 0 bridgehead atoms. The maximum absolute atomic E-state index is 10.1. The van der Waals surface area contributed by atoms with Crippen molar-refractivity contribution >= 4 is 22.1 Å². The summed E-state index contributed by atoms with van der Waals surface area (Å²) in [6.07, 6.45) is 0.580. The molecule has 33 heavy (non-hydrogen) atoms. The van der Waals surface area contributed by atoms with Gasteiger partial charge in [-0.3, -0.25) is 0 Å². The molecule has 0 aliphatic heterocycles. The van der Waals surface area contributed by atoms with E-state index < -0.39 is 0 Å². The molecule has 0 saturated carbocycles. The SMILES string of the molecule is On1nnc2c(-c3ccccc3)c(Cc3ccc4c(nnn4O)c3-c3ccccc3)ccc21. The highest BCUT2D eigenvalue weighted by molar-refractivity contribution is 5.96. The fraction of sp³-hybridized carbons (Fsp3) is 0.0400. The molecule has 0 unspecified atom stereocenters. The molecule has 0 spiro atoms. The van der Waals surface area contributed by atoms with E-state index in [1.165, 1.54) is 0 Å². The summed E-state index contributed by atoms with van der Waals surface area (Å²) in [7, 11) is 0. The molecule has 0 fully saturated rings. The summed E-state index contributed by atoms with van der Waals surface area (Å²) in [5.41, 5.74) is 8.21. The van der Waals surface area contributed by atoms with Gasteiger partial charge in [0.2, 0.25) is 0 Å². The monoisotopic (exact) mass is 434 g/mol. The van der Waals surface area contributed by atoms with Crippen molar-refractivity contribution in [2.45, 2.75) is 6.42 Å². The van der Waals surface area contributed by atoms with Crippen molar-refractivity contribution < 1.29 is 10.4 Å². The lowest BCUT2D eigenvalue weighted by atomic mass is 9.89. The first-order valence-corrected chi connectivity index (χ1v) is 10.4. The van der Waals surface area contributed by atoms with Crippen LogP contribution in [0.25, 0.3) is 44.3 Å². The zero-order valence-corrected chi connectivity index (χ0v) is 17.4. The highest BCUT2D eigenvalue weighted by Crippen LogP contribution is 2.36. The van der Waals surface area contributed by atoms with Gasteiger partial charge in [-0.1, -0.05) is 82.5 Å². The molecule has 160 valence electrons. The maximum atomic E-state index is 10.1. The average Bonchev–Trinajstić information content (AvgIpc) is 3.42. The van der Waals surface area contributed by atoms with E-state index >= 15 is 0 Å². The summed E-state index contributed by atoms with van der Waals surface area (Å²) in [4.78, 5) is 1.60. The molecule has 2 aromatic heterocycles. The summed E-state index contributed by atoms with van der Waals surface area (Å²) in [5, 5.41) is 36.3. The normalized spacial score (nSPS) is 11.4. The van der Waals surface area contributed by atoms with Crippen molar-refractivity contribution in [3.05, 3.63) is 96.1 Å². The number of benzene rings is 4. The van der Waals surface area contributed by atoms with Crippen LogP contribution in [0.2, 0.25) is 0 Å². The van der Waals surface area contributed by atoms with Gasteiger partial charge in [-0.15, -0.1) is 10.2 Å². The molecule has 0 aliphatic carbocycles. The van der Waals surface area contributed by atoms with Crippen LogP contribution in [-0.2, 0) is 6.42 Å². The Morgan fingerprint density at radius 3 is 1.39 bits per heavy atom. The van der Waals surface area contributed by atoms with Crippen molar-refractivity contribution in [1.29, 1.82) is 0 Å². The zero-order chi connectivity index (χ0) is 22.4. The van der Waals surface area contributed by atoms with Crippen molar-refractivity contribution in [2.75, 3.05) is 0 Å². The standard InChI is InChI=1S/C25H18N6O2/c32-30-20-13-11-18(22(24(20)26-28-30)16-7-3-1-4-8-16)15-19-12-14-21-25(27-29-31(21)33)23(19)17-9-5-2-6-10-17/h1-14,32-33H,15H2. The smallest absolute Gasteiger partial charge is 0.131 e. The van der Waals surface area contributed by atoms with Gasteiger partial charge in [0.25, 0.3) is 0 Å². The van der Waals surface area contributed by atoms with Crippen LogP contribution >= 0.6 is 0 Å². The minimum Gasteiger partial charge on any atom is -0.410 e. The van der Waals surface area contributed by atoms with Gasteiger partial charge in [0.1, 0.15) is 22.1 Å². The van der Waals surface area contributed by atoms with E-state index in [2.05, 4.69) is 20.6 Å². The lowest BCUT2D eigenvalue weighted by Gasteiger charge is -2.14. The Hall–Kier alpha value is -4.72. The molecule has 2 N–H and O–H groups in total. The Balaban J connectivity index is 1.59. The van der Waals surface area contributed by atoms with Gasteiger partial charge in [-0.2, -0.15) is 0 Å². The first kappa shape index (κ1) is 19.0. The Labute approximate surface area is 187 Å². The molecular weight excluding hydrogens is 416 g/mol. The summed E-state index contributed by atoms with van der Waals surface area (Å²) >= 11 is 0. The van der Waals surface area contributed by atoms with Gasteiger partial charge in [0.15, 0.2) is 0 Å². The van der Waals surface area contributed by atoms with Gasteiger partial charge in [-0.05, 0) is 51.2 Å². The molecule has 8 nitrogen and oxygen atoms in total. The third-order valence-electron chi connectivity index (χ3n) is 5.88. The predicted molar refractivity (Wildman–Crippen MR) is 123 cm³/mol. The van der Waals surface area contributed by atoms with Crippen LogP contribution in [0.4, 0.5) is 0 Å². The Bertz CT molecular complexity index is 1490. The Morgan fingerprint density at radius 1 is 0.545 bits per heavy atom. The van der Waals surface area contributed by atoms with Crippen molar-refractivity contribution in [3.8, 4) is 22.3 Å². The third kappa shape index (κ3) is 3.08. The van der Waals surface area contributed by atoms with E-state index in [-0.39, 0.29) is 0 Å². The van der Waals surface area contributed by atoms with Gasteiger partial charge >= 0.3 is 0 Å². The van der Waals surface area contributed by atoms with Crippen molar-refractivity contribution in [3.63, 3.8) is 0 Å². The summed E-state index contributed by atoms with van der Waals surface area (Å²) < 4.78 is 0. The number of hydrogen-bond acceptors (Lipinski definition) is 6. The van der Waals surface area contributed by atoms with E-state index in [1.807, 2.05) is 84.9 Å². The molecule has 8 heteroatoms. The Kier molecular flexibility index (Phi) is 4.29. The second-order valence-electron chi connectivity index (χ2n) is 7.80. The van der Waals surface area contributed by atoms with Crippen LogP contribution in [0.1, 0.15) is 11.1 Å². The van der Waals surface area contributed by atoms with Crippen LogP contribution in [0.5, 0.6) is 0 Å². The largest absolute Gasteiger partial charge is 0.410 e. The minimum absolute atomic E-state index is 0.541. The first-order valence-electron chi connectivity index (χ1n) is 10.4. The molecule has 0 atom stereocenters. The van der Waals surface area contributed by atoms with E-state index in [1.54, 1.807) is 0 Å². The minimum atomic E-state index is 0.541. The lowest BCUT2D eigenvalue weighted by Crippen LogP contribution is -1.98. The average molecular weight is 434 g/mol. The quantitative estimate of drug-likeness (QED) is 0.394. The fourth-order valence-electron chi connectivity index (χ4n) is 4.39. The van der Waals surface area contributed by atoms with Crippen molar-refractivity contribution in [1.82, 2.24) is 30.3 Å². The van der Waals surface area contributed by atoms with E-state index in [4.69, 9.17) is 0 Å². The second-order valence-corrected chi connectivity index (χ2v) is 7.80. The van der Waals surface area contributed by atoms with E-state index in [0.29, 0.717) is 28.5 Å². The van der Waals surface area contributed by atoms with Crippen molar-refractivity contribution in [2.24, 2.45) is 0 Å². The van der Waals surface area contributed by atoms with Gasteiger partial charge in [0, 0.05) is 11.1 Å². The Morgan fingerprint density at radius 2 is 0.970 bits per heavy atom. The highest BCUT2D eigenvalue weighted by Gasteiger charge is 2.19.